The maximum absolute atomic E-state index is 13.0. The van der Waals surface area contributed by atoms with Crippen LogP contribution in [0.15, 0.2) is 53.3 Å². The van der Waals surface area contributed by atoms with Crippen molar-refractivity contribution in [3.8, 4) is 16.9 Å². The van der Waals surface area contributed by atoms with E-state index < -0.39 is 32.4 Å². The van der Waals surface area contributed by atoms with Crippen LogP contribution in [0.4, 0.5) is 18.9 Å². The minimum absolute atomic E-state index is 0.0522. The topological polar surface area (TPSA) is 115 Å². The van der Waals surface area contributed by atoms with Gasteiger partial charge >= 0.3 is 11.9 Å². The first-order chi connectivity index (χ1) is 15.9. The standard InChI is InChI=1S/C21H17F3N4O5S/c1-34(32,33)26-10-9-18-17(12-26)19(13-5-7-14(8-6-13)21(22,23)24)25-20(29)27(18)15-3-2-4-16(11-15)28(30)31/h2-8,11H,9-10,12H2,1H3. The third-order valence-corrected chi connectivity index (χ3v) is 6.74. The summed E-state index contributed by atoms with van der Waals surface area (Å²) < 4.78 is 65.6. The number of aromatic nitrogens is 2. The summed E-state index contributed by atoms with van der Waals surface area (Å²) in [6.45, 7) is -0.108. The van der Waals surface area contributed by atoms with Gasteiger partial charge in [-0.05, 0) is 18.2 Å². The van der Waals surface area contributed by atoms with Crippen LogP contribution in [-0.4, -0.2) is 40.0 Å². The summed E-state index contributed by atoms with van der Waals surface area (Å²) in [4.78, 5) is 27.7. The van der Waals surface area contributed by atoms with E-state index in [0.717, 1.165) is 18.4 Å². The molecule has 2 heterocycles. The summed E-state index contributed by atoms with van der Waals surface area (Å²) in [6.07, 6.45) is -3.43. The van der Waals surface area contributed by atoms with Crippen molar-refractivity contribution in [3.05, 3.63) is 86.0 Å². The number of hydrogen-bond acceptors (Lipinski definition) is 6. The van der Waals surface area contributed by atoms with Crippen molar-refractivity contribution in [1.82, 2.24) is 13.9 Å². The molecule has 0 unspecified atom stereocenters. The van der Waals surface area contributed by atoms with Crippen LogP contribution in [0.3, 0.4) is 0 Å². The number of nitro benzene ring substituents is 1. The molecule has 9 nitrogen and oxygen atoms in total. The molecule has 34 heavy (non-hydrogen) atoms. The number of alkyl halides is 3. The summed E-state index contributed by atoms with van der Waals surface area (Å²) in [5.41, 5.74) is -0.757. The second-order valence-corrected chi connectivity index (χ2v) is 9.68. The van der Waals surface area contributed by atoms with Crippen LogP contribution in [-0.2, 0) is 29.2 Å². The lowest BCUT2D eigenvalue weighted by molar-refractivity contribution is -0.384. The van der Waals surface area contributed by atoms with E-state index >= 15 is 0 Å². The Morgan fingerprint density at radius 1 is 1.12 bits per heavy atom. The predicted octanol–water partition coefficient (Wildman–Crippen LogP) is 3.14. The molecule has 0 saturated heterocycles. The number of non-ortho nitro benzene ring substituents is 1. The van der Waals surface area contributed by atoms with E-state index in [1.165, 1.54) is 45.3 Å². The zero-order chi connectivity index (χ0) is 24.8. The molecule has 1 aromatic heterocycles. The fourth-order valence-corrected chi connectivity index (χ4v) is 4.65. The van der Waals surface area contributed by atoms with Gasteiger partial charge in [-0.2, -0.15) is 22.5 Å². The Balaban J connectivity index is 1.94. The Hall–Kier alpha value is -3.58. The molecule has 2 aromatic carbocycles. The molecule has 3 aromatic rings. The molecule has 13 heteroatoms. The quantitative estimate of drug-likeness (QED) is 0.407. The van der Waals surface area contributed by atoms with Gasteiger partial charge in [0.25, 0.3) is 5.69 Å². The van der Waals surface area contributed by atoms with Gasteiger partial charge in [0.2, 0.25) is 10.0 Å². The molecule has 4 rings (SSSR count). The summed E-state index contributed by atoms with van der Waals surface area (Å²) in [5.74, 6) is 0. The van der Waals surface area contributed by atoms with Crippen molar-refractivity contribution in [2.75, 3.05) is 12.8 Å². The molecule has 0 N–H and O–H groups in total. The normalized spacial score (nSPS) is 14.6. The minimum Gasteiger partial charge on any atom is -0.264 e. The van der Waals surface area contributed by atoms with E-state index in [1.807, 2.05) is 0 Å². The van der Waals surface area contributed by atoms with Gasteiger partial charge in [-0.3, -0.25) is 14.7 Å². The summed E-state index contributed by atoms with van der Waals surface area (Å²) in [5, 5.41) is 11.2. The van der Waals surface area contributed by atoms with Gasteiger partial charge in [0.1, 0.15) is 0 Å². The van der Waals surface area contributed by atoms with Gasteiger partial charge in [-0.1, -0.05) is 18.2 Å². The highest BCUT2D eigenvalue weighted by atomic mass is 32.2. The monoisotopic (exact) mass is 494 g/mol. The average molecular weight is 494 g/mol. The third kappa shape index (κ3) is 4.43. The Morgan fingerprint density at radius 3 is 2.38 bits per heavy atom. The van der Waals surface area contributed by atoms with Gasteiger partial charge < -0.3 is 0 Å². The summed E-state index contributed by atoms with van der Waals surface area (Å²) in [7, 11) is -3.62. The van der Waals surface area contributed by atoms with Crippen molar-refractivity contribution in [2.45, 2.75) is 19.1 Å². The predicted molar refractivity (Wildman–Crippen MR) is 116 cm³/mol. The molecule has 0 fully saturated rings. The molecule has 0 radical (unpaired) electrons. The highest BCUT2D eigenvalue weighted by Crippen LogP contribution is 2.33. The fraction of sp³-hybridized carbons (Fsp3) is 0.238. The largest absolute Gasteiger partial charge is 0.416 e. The average Bonchev–Trinajstić information content (AvgIpc) is 2.77. The maximum atomic E-state index is 13.0. The van der Waals surface area contributed by atoms with Gasteiger partial charge in [-0.15, -0.1) is 0 Å². The molecule has 0 aliphatic carbocycles. The second-order valence-electron chi connectivity index (χ2n) is 7.70. The molecular formula is C21H17F3N4O5S. The van der Waals surface area contributed by atoms with Gasteiger partial charge in [0, 0.05) is 48.5 Å². The SMILES string of the molecule is CS(=O)(=O)N1CCc2c(c(-c3ccc(C(F)(F)F)cc3)nc(=O)n2-c2cccc([N+](=O)[O-])c2)C1. The number of nitro groups is 1. The van der Waals surface area contributed by atoms with E-state index in [-0.39, 0.29) is 42.1 Å². The molecule has 1 aliphatic rings. The molecule has 0 bridgehead atoms. The second kappa shape index (κ2) is 8.33. The van der Waals surface area contributed by atoms with E-state index in [9.17, 15) is 36.5 Å². The van der Waals surface area contributed by atoms with Crippen molar-refractivity contribution < 1.29 is 26.5 Å². The van der Waals surface area contributed by atoms with E-state index in [0.29, 0.717) is 11.3 Å². The van der Waals surface area contributed by atoms with Crippen LogP contribution >= 0.6 is 0 Å². The number of fused-ring (bicyclic) bond motifs is 1. The van der Waals surface area contributed by atoms with E-state index in [1.54, 1.807) is 0 Å². The highest BCUT2D eigenvalue weighted by Gasteiger charge is 2.32. The van der Waals surface area contributed by atoms with Crippen molar-refractivity contribution >= 4 is 15.7 Å². The van der Waals surface area contributed by atoms with Crippen molar-refractivity contribution in [3.63, 3.8) is 0 Å². The number of rotatable bonds is 4. The number of benzene rings is 2. The van der Waals surface area contributed by atoms with Gasteiger partial charge in [0.05, 0.1) is 28.1 Å². The molecule has 178 valence electrons. The number of nitrogens with zero attached hydrogens (tertiary/aromatic N) is 4. The smallest absolute Gasteiger partial charge is 0.264 e. The molecule has 1 aliphatic heterocycles. The van der Waals surface area contributed by atoms with Crippen LogP contribution in [0.5, 0.6) is 0 Å². The fourth-order valence-electron chi connectivity index (χ4n) is 3.87. The van der Waals surface area contributed by atoms with Crippen LogP contribution in [0, 0.1) is 10.1 Å². The lowest BCUT2D eigenvalue weighted by atomic mass is 9.99. The molecule has 0 amide bonds. The van der Waals surface area contributed by atoms with Gasteiger partial charge in [0.15, 0.2) is 0 Å². The first-order valence-corrected chi connectivity index (χ1v) is 11.7. The Bertz CT molecular complexity index is 1450. The number of sulfonamides is 1. The molecular weight excluding hydrogens is 477 g/mol. The maximum Gasteiger partial charge on any atom is 0.416 e. The number of hydrogen-bond donors (Lipinski definition) is 0. The van der Waals surface area contributed by atoms with Crippen LogP contribution in [0.2, 0.25) is 0 Å². The third-order valence-electron chi connectivity index (χ3n) is 5.49. The molecule has 0 atom stereocenters. The van der Waals surface area contributed by atoms with Crippen LogP contribution in [0.25, 0.3) is 16.9 Å². The summed E-state index contributed by atoms with van der Waals surface area (Å²) in [6, 6.07) is 9.39. The van der Waals surface area contributed by atoms with Crippen LogP contribution < -0.4 is 5.69 Å². The lowest BCUT2D eigenvalue weighted by Gasteiger charge is -2.30. The van der Waals surface area contributed by atoms with Crippen molar-refractivity contribution in [2.24, 2.45) is 0 Å². The zero-order valence-corrected chi connectivity index (χ0v) is 18.4. The highest BCUT2D eigenvalue weighted by molar-refractivity contribution is 7.88. The zero-order valence-electron chi connectivity index (χ0n) is 17.6. The Kier molecular flexibility index (Phi) is 5.77. The van der Waals surface area contributed by atoms with E-state index in [2.05, 4.69) is 4.98 Å². The molecule has 0 spiro atoms. The van der Waals surface area contributed by atoms with Gasteiger partial charge in [-0.25, -0.2) is 13.2 Å². The molecule has 0 saturated carbocycles. The first-order valence-electron chi connectivity index (χ1n) is 9.88. The summed E-state index contributed by atoms with van der Waals surface area (Å²) >= 11 is 0. The number of halogens is 3. The Morgan fingerprint density at radius 2 is 1.79 bits per heavy atom. The minimum atomic E-state index is -4.55. The van der Waals surface area contributed by atoms with Crippen molar-refractivity contribution in [1.29, 1.82) is 0 Å². The van der Waals surface area contributed by atoms with Crippen LogP contribution in [0.1, 0.15) is 16.8 Å². The Labute approximate surface area is 191 Å². The van der Waals surface area contributed by atoms with E-state index in [4.69, 9.17) is 0 Å². The first kappa shape index (κ1) is 23.6. The lowest BCUT2D eigenvalue weighted by Crippen LogP contribution is -2.39.